The lowest BCUT2D eigenvalue weighted by molar-refractivity contribution is -0.118. The van der Waals surface area contributed by atoms with Gasteiger partial charge in [-0.25, -0.2) is 13.8 Å². The molecule has 1 aromatic rings. The molecule has 0 saturated heterocycles. The van der Waals surface area contributed by atoms with E-state index in [1.807, 2.05) is 0 Å². The molecular weight excluding hydrogens is 296 g/mol. The van der Waals surface area contributed by atoms with Crippen molar-refractivity contribution in [2.45, 2.75) is 63.2 Å². The van der Waals surface area contributed by atoms with Gasteiger partial charge in [0.15, 0.2) is 5.82 Å². The second kappa shape index (κ2) is 5.26. The molecule has 0 aromatic carbocycles. The van der Waals surface area contributed by atoms with Gasteiger partial charge in [0.25, 0.3) is 0 Å². The predicted octanol–water partition coefficient (Wildman–Crippen LogP) is 3.74. The summed E-state index contributed by atoms with van der Waals surface area (Å²) in [6, 6.07) is 0. The van der Waals surface area contributed by atoms with Crippen LogP contribution in [-0.2, 0) is 10.2 Å². The number of halogens is 2. The molecule has 2 aliphatic rings. The Morgan fingerprint density at radius 2 is 2.00 bits per heavy atom. The highest BCUT2D eigenvalue weighted by Gasteiger charge is 2.43. The number of rotatable bonds is 4. The largest absolute Gasteiger partial charge is 0.301 e. The summed E-state index contributed by atoms with van der Waals surface area (Å²) in [6.07, 6.45) is 3.10. The maximum Gasteiger partial charge on any atom is 0.248 e. The summed E-state index contributed by atoms with van der Waals surface area (Å²) in [5, 5.41) is 3.27. The Morgan fingerprint density at radius 1 is 1.33 bits per heavy atom. The summed E-state index contributed by atoms with van der Waals surface area (Å²) in [5.41, 5.74) is 0.0917. The molecule has 1 amide bonds. The molecule has 116 valence electrons. The Kier molecular flexibility index (Phi) is 3.71. The lowest BCUT2D eigenvalue weighted by Gasteiger charge is -2.27. The first-order chi connectivity index (χ1) is 9.86. The molecule has 0 aliphatic heterocycles. The summed E-state index contributed by atoms with van der Waals surface area (Å²) < 4.78 is 30.4. The molecule has 0 spiro atoms. The minimum atomic E-state index is -2.54. The lowest BCUT2D eigenvalue weighted by atomic mass is 9.84. The van der Waals surface area contributed by atoms with Crippen LogP contribution in [0.3, 0.4) is 0 Å². The smallest absolute Gasteiger partial charge is 0.248 e. The average Bonchev–Trinajstić information content (AvgIpc) is 2.98. The summed E-state index contributed by atoms with van der Waals surface area (Å²) in [7, 11) is 0. The van der Waals surface area contributed by atoms with Crippen LogP contribution in [-0.4, -0.2) is 21.2 Å². The fourth-order valence-corrected chi connectivity index (χ4v) is 3.39. The molecule has 1 heterocycles. The topological polar surface area (TPSA) is 54.9 Å². The number of aromatic nitrogens is 2. The molecular formula is C14H19F2N3OS. The molecule has 2 saturated carbocycles. The highest BCUT2D eigenvalue weighted by atomic mass is 32.1. The fourth-order valence-electron chi connectivity index (χ4n) is 2.67. The highest BCUT2D eigenvalue weighted by molar-refractivity contribution is 7.09. The van der Waals surface area contributed by atoms with Crippen molar-refractivity contribution in [2.24, 2.45) is 5.92 Å². The first-order valence-corrected chi connectivity index (χ1v) is 8.16. The van der Waals surface area contributed by atoms with Gasteiger partial charge in [-0.1, -0.05) is 6.92 Å². The predicted molar refractivity (Wildman–Crippen MR) is 76.6 cm³/mol. The number of alkyl halides is 2. The van der Waals surface area contributed by atoms with Crippen molar-refractivity contribution >= 4 is 22.6 Å². The van der Waals surface area contributed by atoms with Crippen LogP contribution >= 0.6 is 11.5 Å². The van der Waals surface area contributed by atoms with Gasteiger partial charge < -0.3 is 5.32 Å². The van der Waals surface area contributed by atoms with Crippen LogP contribution < -0.4 is 5.32 Å². The van der Waals surface area contributed by atoms with Gasteiger partial charge >= 0.3 is 0 Å². The number of hydrogen-bond acceptors (Lipinski definition) is 4. The Labute approximate surface area is 126 Å². The van der Waals surface area contributed by atoms with Crippen molar-refractivity contribution in [2.75, 3.05) is 5.32 Å². The van der Waals surface area contributed by atoms with Crippen molar-refractivity contribution in [1.29, 1.82) is 0 Å². The van der Waals surface area contributed by atoms with Gasteiger partial charge in [-0.3, -0.25) is 4.79 Å². The van der Waals surface area contributed by atoms with Gasteiger partial charge in [0.2, 0.25) is 17.0 Å². The summed E-state index contributed by atoms with van der Waals surface area (Å²) in [6.45, 7) is 2.11. The monoisotopic (exact) mass is 315 g/mol. The van der Waals surface area contributed by atoms with E-state index in [0.717, 1.165) is 18.7 Å². The van der Waals surface area contributed by atoms with E-state index in [-0.39, 0.29) is 30.1 Å². The quantitative estimate of drug-likeness (QED) is 0.921. The van der Waals surface area contributed by atoms with Crippen LogP contribution in [0.1, 0.15) is 57.7 Å². The summed E-state index contributed by atoms with van der Waals surface area (Å²) in [4.78, 5) is 16.3. The van der Waals surface area contributed by atoms with Gasteiger partial charge in [-0.15, -0.1) is 0 Å². The van der Waals surface area contributed by atoms with Gasteiger partial charge in [0.05, 0.1) is 0 Å². The second-order valence-corrected chi connectivity index (χ2v) is 7.29. The molecule has 0 bridgehead atoms. The standard InChI is InChI=1S/C14H19F2N3OS/c1-13(6-7-13)11-18-12(21-19-11)17-10(20)8-9-2-4-14(15,16)5-3-9/h9H,2-8H2,1H3,(H,17,18,19,20). The maximum atomic E-state index is 13.1. The number of amides is 1. The fraction of sp³-hybridized carbons (Fsp3) is 0.786. The zero-order valence-corrected chi connectivity index (χ0v) is 12.8. The number of nitrogens with one attached hydrogen (secondary N) is 1. The van der Waals surface area contributed by atoms with E-state index in [2.05, 4.69) is 21.6 Å². The first kappa shape index (κ1) is 14.8. The van der Waals surface area contributed by atoms with Gasteiger partial charge in [-0.2, -0.15) is 4.37 Å². The third-order valence-corrected chi connectivity index (χ3v) is 5.15. The molecule has 0 radical (unpaired) electrons. The summed E-state index contributed by atoms with van der Waals surface area (Å²) >= 11 is 1.19. The molecule has 4 nitrogen and oxygen atoms in total. The third kappa shape index (κ3) is 3.56. The molecule has 21 heavy (non-hydrogen) atoms. The van der Waals surface area contributed by atoms with Gasteiger partial charge in [0.1, 0.15) is 0 Å². The van der Waals surface area contributed by atoms with E-state index >= 15 is 0 Å². The third-order valence-electron chi connectivity index (χ3n) is 4.52. The summed E-state index contributed by atoms with van der Waals surface area (Å²) in [5.74, 6) is -1.83. The average molecular weight is 315 g/mol. The van der Waals surface area contributed by atoms with Crippen LogP contribution in [0.25, 0.3) is 0 Å². The van der Waals surface area contributed by atoms with Crippen LogP contribution in [0.4, 0.5) is 13.9 Å². The first-order valence-electron chi connectivity index (χ1n) is 7.38. The van der Waals surface area contributed by atoms with E-state index in [1.165, 1.54) is 11.5 Å². The van der Waals surface area contributed by atoms with E-state index in [4.69, 9.17) is 0 Å². The maximum absolute atomic E-state index is 13.1. The van der Waals surface area contributed by atoms with Crippen molar-refractivity contribution in [3.8, 4) is 0 Å². The van der Waals surface area contributed by atoms with Crippen LogP contribution in [0.5, 0.6) is 0 Å². The second-order valence-electron chi connectivity index (χ2n) is 6.54. The number of carbonyl (C=O) groups is 1. The van der Waals surface area contributed by atoms with Crippen LogP contribution in [0, 0.1) is 5.92 Å². The van der Waals surface area contributed by atoms with Gasteiger partial charge in [0, 0.05) is 36.2 Å². The number of hydrogen-bond donors (Lipinski definition) is 1. The van der Waals surface area contributed by atoms with Crippen molar-refractivity contribution in [3.05, 3.63) is 5.82 Å². The Balaban J connectivity index is 1.49. The van der Waals surface area contributed by atoms with E-state index in [0.29, 0.717) is 24.4 Å². The highest BCUT2D eigenvalue weighted by Crippen LogP contribution is 2.46. The minimum Gasteiger partial charge on any atom is -0.301 e. The lowest BCUT2D eigenvalue weighted by Crippen LogP contribution is -2.27. The van der Waals surface area contributed by atoms with Crippen molar-refractivity contribution in [1.82, 2.24) is 9.36 Å². The minimum absolute atomic E-state index is 0.0537. The number of anilines is 1. The molecule has 0 atom stereocenters. The van der Waals surface area contributed by atoms with Gasteiger partial charge in [-0.05, 0) is 31.6 Å². The molecule has 7 heteroatoms. The normalized spacial score (nSPS) is 23.8. The Bertz CT molecular complexity index is 532. The molecule has 0 unspecified atom stereocenters. The SMILES string of the molecule is CC1(c2nsc(NC(=O)CC3CCC(F)(F)CC3)n2)CC1. The molecule has 3 rings (SSSR count). The Hall–Kier alpha value is -1.11. The molecule has 1 aromatic heterocycles. The van der Waals surface area contributed by atoms with E-state index < -0.39 is 5.92 Å². The molecule has 2 fully saturated rings. The van der Waals surface area contributed by atoms with E-state index in [9.17, 15) is 13.6 Å². The zero-order valence-electron chi connectivity index (χ0n) is 12.0. The molecule has 1 N–H and O–H groups in total. The molecule has 2 aliphatic carbocycles. The number of carbonyl (C=O) groups excluding carboxylic acids is 1. The zero-order chi connectivity index (χ0) is 15.1. The van der Waals surface area contributed by atoms with Crippen molar-refractivity contribution in [3.63, 3.8) is 0 Å². The van der Waals surface area contributed by atoms with Crippen LogP contribution in [0.15, 0.2) is 0 Å². The van der Waals surface area contributed by atoms with E-state index in [1.54, 1.807) is 0 Å². The van der Waals surface area contributed by atoms with Crippen LogP contribution in [0.2, 0.25) is 0 Å². The Morgan fingerprint density at radius 3 is 2.62 bits per heavy atom. The van der Waals surface area contributed by atoms with Crippen molar-refractivity contribution < 1.29 is 13.6 Å². The number of nitrogens with zero attached hydrogens (tertiary/aromatic N) is 2.